The Morgan fingerprint density at radius 3 is 2.64 bits per heavy atom. The third-order valence-electron chi connectivity index (χ3n) is 1.10. The van der Waals surface area contributed by atoms with Gasteiger partial charge in [0.25, 0.3) is 0 Å². The van der Waals surface area contributed by atoms with Crippen molar-refractivity contribution in [3.8, 4) is 0 Å². The maximum atomic E-state index is 10.5. The van der Waals surface area contributed by atoms with Gasteiger partial charge in [0.05, 0.1) is 5.75 Å². The van der Waals surface area contributed by atoms with Crippen molar-refractivity contribution in [2.24, 2.45) is 0 Å². The van der Waals surface area contributed by atoms with Crippen LogP contribution in [-0.2, 0) is 14.8 Å². The zero-order chi connectivity index (χ0) is 8.32. The van der Waals surface area contributed by atoms with Gasteiger partial charge in [-0.15, -0.1) is 0 Å². The molecule has 1 aromatic carbocycles. The lowest BCUT2D eigenvalue weighted by Gasteiger charge is -1.93. The van der Waals surface area contributed by atoms with Gasteiger partial charge in [-0.05, 0) is 11.6 Å². The molecule has 11 heavy (non-hydrogen) atoms. The van der Waals surface area contributed by atoms with Crippen LogP contribution in [0.2, 0.25) is 0 Å². The Morgan fingerprint density at radius 2 is 2.18 bits per heavy atom. The molecule has 0 bridgehead atoms. The molecule has 0 aliphatic carbocycles. The van der Waals surface area contributed by atoms with Crippen LogP contribution in [-0.4, -0.2) is 8.42 Å². The van der Waals surface area contributed by atoms with Gasteiger partial charge in [-0.1, -0.05) is 24.3 Å². The minimum atomic E-state index is -3.44. The van der Waals surface area contributed by atoms with Crippen LogP contribution in [0.5, 0.6) is 0 Å². The number of benzene rings is 1. The quantitative estimate of drug-likeness (QED) is 0.662. The standard InChI is InChI=1S/C7H6ClO2S/c8-11(9,10)6-7-4-2-1-3-5-7/h1-4H,6H2. The van der Waals surface area contributed by atoms with Gasteiger partial charge in [-0.25, -0.2) is 8.42 Å². The molecule has 59 valence electrons. The van der Waals surface area contributed by atoms with Crippen LogP contribution in [0.1, 0.15) is 5.56 Å². The molecule has 1 rings (SSSR count). The molecule has 0 aliphatic rings. The van der Waals surface area contributed by atoms with Crippen LogP contribution in [0.25, 0.3) is 0 Å². The van der Waals surface area contributed by atoms with Crippen LogP contribution in [0.4, 0.5) is 0 Å². The second-order valence-electron chi connectivity index (χ2n) is 2.07. The molecule has 1 radical (unpaired) electrons. The molecule has 0 saturated carbocycles. The first-order valence-electron chi connectivity index (χ1n) is 2.96. The van der Waals surface area contributed by atoms with E-state index in [0.717, 1.165) is 0 Å². The molecule has 0 unspecified atom stereocenters. The average Bonchev–Trinajstić information content (AvgIpc) is 1.85. The lowest BCUT2D eigenvalue weighted by atomic mass is 10.2. The molecule has 0 saturated heterocycles. The molecule has 0 aliphatic heterocycles. The molecule has 0 spiro atoms. The topological polar surface area (TPSA) is 34.1 Å². The van der Waals surface area contributed by atoms with Crippen LogP contribution in [0.3, 0.4) is 0 Å². The minimum Gasteiger partial charge on any atom is -0.212 e. The fraction of sp³-hybridized carbons (Fsp3) is 0.143. The fourth-order valence-electron chi connectivity index (χ4n) is 0.706. The first-order valence-corrected chi connectivity index (χ1v) is 5.44. The summed E-state index contributed by atoms with van der Waals surface area (Å²) in [5.41, 5.74) is 0.586. The molecule has 0 amide bonds. The van der Waals surface area contributed by atoms with Crippen molar-refractivity contribution in [3.63, 3.8) is 0 Å². The average molecular weight is 190 g/mol. The highest BCUT2D eigenvalue weighted by molar-refractivity contribution is 8.13. The van der Waals surface area contributed by atoms with E-state index < -0.39 is 9.05 Å². The highest BCUT2D eigenvalue weighted by Gasteiger charge is 2.05. The van der Waals surface area contributed by atoms with Gasteiger partial charge in [-0.2, -0.15) is 0 Å². The van der Waals surface area contributed by atoms with E-state index in [4.69, 9.17) is 10.7 Å². The number of hydrogen-bond donors (Lipinski definition) is 0. The summed E-state index contributed by atoms with van der Waals surface area (Å²) in [5, 5.41) is 0. The zero-order valence-corrected chi connectivity index (χ0v) is 7.19. The lowest BCUT2D eigenvalue weighted by Crippen LogP contribution is -1.93. The van der Waals surface area contributed by atoms with Crippen molar-refractivity contribution in [2.75, 3.05) is 0 Å². The smallest absolute Gasteiger partial charge is 0.212 e. The molecule has 0 N–H and O–H groups in total. The van der Waals surface area contributed by atoms with E-state index >= 15 is 0 Å². The Balaban J connectivity index is 2.82. The predicted molar refractivity (Wildman–Crippen MR) is 43.8 cm³/mol. The zero-order valence-electron chi connectivity index (χ0n) is 5.62. The molecule has 4 heteroatoms. The van der Waals surface area contributed by atoms with Crippen LogP contribution in [0.15, 0.2) is 24.3 Å². The van der Waals surface area contributed by atoms with Crippen LogP contribution < -0.4 is 0 Å². The van der Waals surface area contributed by atoms with Gasteiger partial charge in [0, 0.05) is 10.7 Å². The first-order chi connectivity index (χ1) is 5.08. The minimum absolute atomic E-state index is 0.157. The van der Waals surface area contributed by atoms with Gasteiger partial charge in [-0.3, -0.25) is 0 Å². The molecular formula is C7H6ClO2S. The summed E-state index contributed by atoms with van der Waals surface area (Å²) >= 11 is 0. The van der Waals surface area contributed by atoms with E-state index in [-0.39, 0.29) is 5.75 Å². The largest absolute Gasteiger partial charge is 0.236 e. The molecule has 0 heterocycles. The maximum Gasteiger partial charge on any atom is 0.236 e. The molecule has 0 aromatic heterocycles. The molecule has 0 fully saturated rings. The number of rotatable bonds is 2. The monoisotopic (exact) mass is 189 g/mol. The fourth-order valence-corrected chi connectivity index (χ4v) is 1.61. The predicted octanol–water partition coefficient (Wildman–Crippen LogP) is 1.56. The second kappa shape index (κ2) is 3.24. The van der Waals surface area contributed by atoms with E-state index in [1.165, 1.54) is 0 Å². The summed E-state index contributed by atoms with van der Waals surface area (Å²) in [4.78, 5) is 0. The SMILES string of the molecule is O=S(=O)(Cl)Cc1[c]cccc1. The summed E-state index contributed by atoms with van der Waals surface area (Å²) in [6.07, 6.45) is 0. The normalized spacial score (nSPS) is 11.4. The number of hydrogen-bond acceptors (Lipinski definition) is 2. The van der Waals surface area contributed by atoms with Gasteiger partial charge in [0.1, 0.15) is 0 Å². The molecule has 0 atom stereocenters. The van der Waals surface area contributed by atoms with Gasteiger partial charge in [0.15, 0.2) is 0 Å². The van der Waals surface area contributed by atoms with Crippen molar-refractivity contribution in [1.29, 1.82) is 0 Å². The summed E-state index contributed by atoms with van der Waals surface area (Å²) in [6.45, 7) is 0. The summed E-state index contributed by atoms with van der Waals surface area (Å²) in [6, 6.07) is 9.59. The highest BCUT2D eigenvalue weighted by atomic mass is 35.7. The van der Waals surface area contributed by atoms with Crippen molar-refractivity contribution in [3.05, 3.63) is 35.9 Å². The Labute approximate surface area is 70.2 Å². The highest BCUT2D eigenvalue weighted by Crippen LogP contribution is 2.07. The number of halogens is 1. The van der Waals surface area contributed by atoms with E-state index in [0.29, 0.717) is 5.56 Å². The van der Waals surface area contributed by atoms with E-state index in [1.54, 1.807) is 24.3 Å². The third kappa shape index (κ3) is 3.39. The second-order valence-corrected chi connectivity index (χ2v) is 4.85. The van der Waals surface area contributed by atoms with Crippen molar-refractivity contribution in [2.45, 2.75) is 5.75 Å². The van der Waals surface area contributed by atoms with E-state index in [1.807, 2.05) is 0 Å². The Hall–Kier alpha value is -0.540. The van der Waals surface area contributed by atoms with E-state index in [2.05, 4.69) is 6.07 Å². The molecule has 2 nitrogen and oxygen atoms in total. The van der Waals surface area contributed by atoms with Gasteiger partial charge < -0.3 is 0 Å². The summed E-state index contributed by atoms with van der Waals surface area (Å²) in [5.74, 6) is -0.157. The molecule has 1 aromatic rings. The van der Waals surface area contributed by atoms with Gasteiger partial charge in [0.2, 0.25) is 9.05 Å². The lowest BCUT2D eigenvalue weighted by molar-refractivity contribution is 0.609. The molecular weight excluding hydrogens is 184 g/mol. The van der Waals surface area contributed by atoms with E-state index in [9.17, 15) is 8.42 Å². The van der Waals surface area contributed by atoms with Crippen molar-refractivity contribution >= 4 is 19.7 Å². The Bertz CT molecular complexity index is 318. The Morgan fingerprint density at radius 1 is 1.45 bits per heavy atom. The van der Waals surface area contributed by atoms with Crippen LogP contribution >= 0.6 is 10.7 Å². The van der Waals surface area contributed by atoms with Gasteiger partial charge >= 0.3 is 0 Å². The summed E-state index contributed by atoms with van der Waals surface area (Å²) < 4.78 is 21.1. The summed E-state index contributed by atoms with van der Waals surface area (Å²) in [7, 11) is 1.58. The van der Waals surface area contributed by atoms with Crippen molar-refractivity contribution < 1.29 is 8.42 Å². The Kier molecular flexibility index (Phi) is 2.52. The van der Waals surface area contributed by atoms with Crippen LogP contribution in [0, 0.1) is 6.07 Å². The third-order valence-corrected chi connectivity index (χ3v) is 2.08. The maximum absolute atomic E-state index is 10.5. The van der Waals surface area contributed by atoms with Crippen molar-refractivity contribution in [1.82, 2.24) is 0 Å². The first kappa shape index (κ1) is 8.56.